The van der Waals surface area contributed by atoms with E-state index < -0.39 is 0 Å². The van der Waals surface area contributed by atoms with E-state index in [-0.39, 0.29) is 0 Å². The molecule has 0 fully saturated rings. The number of aryl methyl sites for hydroxylation is 2. The van der Waals surface area contributed by atoms with Gasteiger partial charge in [-0.15, -0.1) is 0 Å². The summed E-state index contributed by atoms with van der Waals surface area (Å²) in [5.74, 6) is 2.83. The topological polar surface area (TPSA) is 27.1 Å². The molecule has 0 bridgehead atoms. The molecule has 0 saturated heterocycles. The van der Waals surface area contributed by atoms with Crippen LogP contribution in [0.1, 0.15) is 26.1 Å². The van der Waals surface area contributed by atoms with Crippen molar-refractivity contribution in [2.45, 2.75) is 33.2 Å². The van der Waals surface area contributed by atoms with E-state index in [1.54, 1.807) is 0 Å². The van der Waals surface area contributed by atoms with Gasteiger partial charge in [0.2, 0.25) is 0 Å². The van der Waals surface area contributed by atoms with Gasteiger partial charge in [0.25, 0.3) is 0 Å². The number of nitrogens with zero attached hydrogens (tertiary/aromatic N) is 2. The third-order valence-electron chi connectivity index (χ3n) is 2.92. The molecule has 0 aliphatic carbocycles. The van der Waals surface area contributed by atoms with Gasteiger partial charge in [-0.1, -0.05) is 6.92 Å². The highest BCUT2D eigenvalue weighted by Gasteiger charge is 2.09. The Kier molecular flexibility index (Phi) is 4.53. The Labute approximate surface area is 114 Å². The van der Waals surface area contributed by atoms with Crippen LogP contribution in [0.15, 0.2) is 18.2 Å². The molecule has 0 saturated carbocycles. The number of benzene rings is 1. The van der Waals surface area contributed by atoms with Crippen LogP contribution in [0, 0.1) is 0 Å². The van der Waals surface area contributed by atoms with Crippen LogP contribution in [-0.2, 0) is 13.0 Å². The monoisotopic (exact) mass is 264 g/mol. The maximum absolute atomic E-state index is 5.64. The van der Waals surface area contributed by atoms with Crippen molar-refractivity contribution < 1.29 is 4.74 Å². The van der Waals surface area contributed by atoms with E-state index in [1.807, 2.05) is 12.1 Å². The first-order valence-corrected chi connectivity index (χ1v) is 7.16. The zero-order valence-corrected chi connectivity index (χ0v) is 11.9. The number of aromatic nitrogens is 2. The Balaban J connectivity index is 2.38. The quantitative estimate of drug-likeness (QED) is 0.810. The highest BCUT2D eigenvalue weighted by molar-refractivity contribution is 7.80. The number of ether oxygens (including phenoxy) is 1. The van der Waals surface area contributed by atoms with Gasteiger partial charge in [-0.05, 0) is 31.2 Å². The minimum Gasteiger partial charge on any atom is -0.494 e. The molecule has 18 heavy (non-hydrogen) atoms. The van der Waals surface area contributed by atoms with Crippen molar-refractivity contribution in [1.82, 2.24) is 9.55 Å². The molecule has 2 aromatic rings. The van der Waals surface area contributed by atoms with Crippen molar-refractivity contribution in [2.24, 2.45) is 0 Å². The van der Waals surface area contributed by atoms with Gasteiger partial charge in [0, 0.05) is 19.0 Å². The normalized spacial score (nSPS) is 11.1. The Morgan fingerprint density at radius 3 is 2.83 bits per heavy atom. The number of rotatable bonds is 6. The summed E-state index contributed by atoms with van der Waals surface area (Å²) < 4.78 is 7.89. The molecule has 1 aromatic heterocycles. The summed E-state index contributed by atoms with van der Waals surface area (Å²) in [6, 6.07) is 6.15. The van der Waals surface area contributed by atoms with Gasteiger partial charge in [-0.3, -0.25) is 0 Å². The highest BCUT2D eigenvalue weighted by atomic mass is 32.1. The molecular formula is C14H20N2OS. The second-order valence-electron chi connectivity index (χ2n) is 4.24. The summed E-state index contributed by atoms with van der Waals surface area (Å²) in [5, 5.41) is 0. The standard InChI is InChI=1S/C14H20N2OS/c1-3-8-17-11-5-6-13-12(10-11)15-14(7-9-18)16(13)4-2/h5-6,10,18H,3-4,7-9H2,1-2H3. The molecule has 3 nitrogen and oxygen atoms in total. The van der Waals surface area contributed by atoms with Crippen molar-refractivity contribution in [3.05, 3.63) is 24.0 Å². The molecule has 1 aromatic carbocycles. The SMILES string of the molecule is CCCOc1ccc2c(c1)nc(CCS)n2CC. The Morgan fingerprint density at radius 2 is 2.17 bits per heavy atom. The lowest BCUT2D eigenvalue weighted by Gasteiger charge is -2.06. The van der Waals surface area contributed by atoms with Crippen LogP contribution in [0.25, 0.3) is 11.0 Å². The van der Waals surface area contributed by atoms with Crippen molar-refractivity contribution in [1.29, 1.82) is 0 Å². The van der Waals surface area contributed by atoms with Gasteiger partial charge in [0.1, 0.15) is 11.6 Å². The lowest BCUT2D eigenvalue weighted by atomic mass is 10.3. The van der Waals surface area contributed by atoms with Gasteiger partial charge in [0.05, 0.1) is 17.6 Å². The predicted molar refractivity (Wildman–Crippen MR) is 78.8 cm³/mol. The van der Waals surface area contributed by atoms with Crippen LogP contribution in [0.3, 0.4) is 0 Å². The van der Waals surface area contributed by atoms with Crippen LogP contribution in [0.4, 0.5) is 0 Å². The zero-order valence-electron chi connectivity index (χ0n) is 11.0. The molecule has 0 aliphatic heterocycles. The summed E-state index contributed by atoms with van der Waals surface area (Å²) in [5.41, 5.74) is 2.19. The van der Waals surface area contributed by atoms with E-state index in [4.69, 9.17) is 4.74 Å². The molecular weight excluding hydrogens is 244 g/mol. The van der Waals surface area contributed by atoms with Gasteiger partial charge >= 0.3 is 0 Å². The summed E-state index contributed by atoms with van der Waals surface area (Å²) in [6.45, 7) is 5.94. The fraction of sp³-hybridized carbons (Fsp3) is 0.500. The van der Waals surface area contributed by atoms with Gasteiger partial charge in [-0.2, -0.15) is 12.6 Å². The summed E-state index contributed by atoms with van der Waals surface area (Å²) in [7, 11) is 0. The number of thiol groups is 1. The summed E-state index contributed by atoms with van der Waals surface area (Å²) in [6.07, 6.45) is 1.92. The van der Waals surface area contributed by atoms with Crippen LogP contribution in [0.2, 0.25) is 0 Å². The Morgan fingerprint density at radius 1 is 1.33 bits per heavy atom. The van der Waals surface area contributed by atoms with Crippen LogP contribution in [-0.4, -0.2) is 21.9 Å². The predicted octanol–water partition coefficient (Wildman–Crippen LogP) is 3.32. The molecule has 0 N–H and O–H groups in total. The Hall–Kier alpha value is -1.16. The molecule has 0 unspecified atom stereocenters. The van der Waals surface area contributed by atoms with Crippen molar-refractivity contribution in [3.8, 4) is 5.75 Å². The molecule has 4 heteroatoms. The van der Waals surface area contributed by atoms with Gasteiger partial charge in [-0.25, -0.2) is 4.98 Å². The average molecular weight is 264 g/mol. The van der Waals surface area contributed by atoms with Crippen molar-refractivity contribution >= 4 is 23.7 Å². The molecule has 0 aliphatic rings. The van der Waals surface area contributed by atoms with Crippen molar-refractivity contribution in [3.63, 3.8) is 0 Å². The van der Waals surface area contributed by atoms with Crippen molar-refractivity contribution in [2.75, 3.05) is 12.4 Å². The van der Waals surface area contributed by atoms with Crippen LogP contribution >= 0.6 is 12.6 Å². The second-order valence-corrected chi connectivity index (χ2v) is 4.69. The van der Waals surface area contributed by atoms with E-state index in [9.17, 15) is 0 Å². The van der Waals surface area contributed by atoms with Gasteiger partial charge < -0.3 is 9.30 Å². The third kappa shape index (κ3) is 2.64. The average Bonchev–Trinajstić information content (AvgIpc) is 2.73. The number of fused-ring (bicyclic) bond motifs is 1. The largest absolute Gasteiger partial charge is 0.494 e. The minimum atomic E-state index is 0.753. The number of hydrogen-bond donors (Lipinski definition) is 1. The molecule has 2 rings (SSSR count). The second kappa shape index (κ2) is 6.14. The van der Waals surface area contributed by atoms with E-state index in [0.717, 1.165) is 48.8 Å². The first-order valence-electron chi connectivity index (χ1n) is 6.53. The first-order chi connectivity index (χ1) is 8.80. The maximum atomic E-state index is 5.64. The molecule has 0 spiro atoms. The molecule has 0 atom stereocenters. The first kappa shape index (κ1) is 13.3. The lowest BCUT2D eigenvalue weighted by molar-refractivity contribution is 0.318. The molecule has 1 heterocycles. The zero-order chi connectivity index (χ0) is 13.0. The smallest absolute Gasteiger partial charge is 0.121 e. The fourth-order valence-electron chi connectivity index (χ4n) is 2.11. The lowest BCUT2D eigenvalue weighted by Crippen LogP contribution is -2.02. The Bertz CT molecular complexity index is 522. The fourth-order valence-corrected chi connectivity index (χ4v) is 2.31. The number of imidazole rings is 1. The number of hydrogen-bond acceptors (Lipinski definition) is 3. The molecule has 98 valence electrons. The van der Waals surface area contributed by atoms with Gasteiger partial charge in [0.15, 0.2) is 0 Å². The third-order valence-corrected chi connectivity index (χ3v) is 3.15. The molecule has 0 radical (unpaired) electrons. The van der Waals surface area contributed by atoms with E-state index in [2.05, 4.69) is 42.1 Å². The maximum Gasteiger partial charge on any atom is 0.121 e. The van der Waals surface area contributed by atoms with E-state index in [0.29, 0.717) is 0 Å². The molecule has 0 amide bonds. The highest BCUT2D eigenvalue weighted by Crippen LogP contribution is 2.22. The summed E-state index contributed by atoms with van der Waals surface area (Å²) in [4.78, 5) is 4.68. The van der Waals surface area contributed by atoms with Crippen LogP contribution in [0.5, 0.6) is 5.75 Å². The summed E-state index contributed by atoms with van der Waals surface area (Å²) >= 11 is 4.29. The van der Waals surface area contributed by atoms with E-state index >= 15 is 0 Å². The minimum absolute atomic E-state index is 0.753. The van der Waals surface area contributed by atoms with E-state index in [1.165, 1.54) is 5.52 Å². The van der Waals surface area contributed by atoms with Crippen LogP contribution < -0.4 is 4.74 Å².